The zero-order valence-corrected chi connectivity index (χ0v) is 21.4. The second-order valence-corrected chi connectivity index (χ2v) is 9.71. The van der Waals surface area contributed by atoms with Gasteiger partial charge in [0.1, 0.15) is 23.3 Å². The summed E-state index contributed by atoms with van der Waals surface area (Å²) in [6, 6.07) is 22.5. The minimum absolute atomic E-state index is 0.0953. The predicted octanol–water partition coefficient (Wildman–Crippen LogP) is 7.61. The minimum Gasteiger partial charge on any atom is -0.491 e. The summed E-state index contributed by atoms with van der Waals surface area (Å²) in [5, 5.41) is 5.13. The summed E-state index contributed by atoms with van der Waals surface area (Å²) in [6.45, 7) is 4.00. The number of thiocarbonyl (C=S) groups is 1. The van der Waals surface area contributed by atoms with Gasteiger partial charge in [0.05, 0.1) is 22.9 Å². The van der Waals surface area contributed by atoms with Crippen molar-refractivity contribution in [2.75, 3.05) is 4.90 Å². The van der Waals surface area contributed by atoms with Crippen molar-refractivity contribution in [3.63, 3.8) is 0 Å². The van der Waals surface area contributed by atoms with Gasteiger partial charge in [0.15, 0.2) is 5.11 Å². The van der Waals surface area contributed by atoms with E-state index in [-0.39, 0.29) is 18.2 Å². The monoisotopic (exact) mass is 523 g/mol. The summed E-state index contributed by atoms with van der Waals surface area (Å²) < 4.78 is 12.2. The van der Waals surface area contributed by atoms with Gasteiger partial charge in [-0.05, 0) is 92.8 Å². The van der Waals surface area contributed by atoms with Gasteiger partial charge in [0.25, 0.3) is 0 Å². The van der Waals surface area contributed by atoms with Gasteiger partial charge in [-0.3, -0.25) is 4.98 Å². The van der Waals surface area contributed by atoms with Crippen molar-refractivity contribution in [3.8, 4) is 17.1 Å². The number of nitrogens with one attached hydrogen (secondary N) is 1. The Balaban J connectivity index is 1.56. The number of benzene rings is 2. The van der Waals surface area contributed by atoms with Gasteiger partial charge in [-0.2, -0.15) is 0 Å². The lowest BCUT2D eigenvalue weighted by Gasteiger charge is -2.26. The number of anilines is 1. The highest BCUT2D eigenvalue weighted by Gasteiger charge is 2.42. The summed E-state index contributed by atoms with van der Waals surface area (Å²) in [4.78, 5) is 6.64. The molecule has 1 fully saturated rings. The van der Waals surface area contributed by atoms with Crippen LogP contribution < -0.4 is 15.0 Å². The Kier molecular flexibility index (Phi) is 6.69. The second kappa shape index (κ2) is 9.90. The Hall–Kier alpha value is -3.06. The molecule has 2 atom stereocenters. The Morgan fingerprint density at radius 2 is 1.83 bits per heavy atom. The first kappa shape index (κ1) is 23.7. The van der Waals surface area contributed by atoms with Crippen molar-refractivity contribution in [1.82, 2.24) is 10.3 Å². The maximum Gasteiger partial charge on any atom is 0.174 e. The Morgan fingerprint density at radius 1 is 1.03 bits per heavy atom. The molecule has 0 bridgehead atoms. The number of aromatic nitrogens is 1. The molecule has 3 heterocycles. The number of nitrogens with zero attached hydrogens (tertiary/aromatic N) is 2. The van der Waals surface area contributed by atoms with Crippen LogP contribution in [0.25, 0.3) is 11.3 Å². The van der Waals surface area contributed by atoms with Crippen molar-refractivity contribution >= 4 is 46.2 Å². The van der Waals surface area contributed by atoms with Crippen LogP contribution in [0.4, 0.5) is 5.69 Å². The lowest BCUT2D eigenvalue weighted by molar-refractivity contribution is 0.242. The molecule has 35 heavy (non-hydrogen) atoms. The first-order valence-electron chi connectivity index (χ1n) is 11.2. The van der Waals surface area contributed by atoms with E-state index in [9.17, 15) is 0 Å². The summed E-state index contributed by atoms with van der Waals surface area (Å²) in [6.07, 6.45) is 1.87. The number of rotatable bonds is 6. The fourth-order valence-electron chi connectivity index (χ4n) is 4.23. The van der Waals surface area contributed by atoms with Crippen LogP contribution in [0.2, 0.25) is 10.0 Å². The van der Waals surface area contributed by atoms with E-state index in [0.717, 1.165) is 28.5 Å². The maximum absolute atomic E-state index is 6.45. The summed E-state index contributed by atoms with van der Waals surface area (Å²) in [5.41, 5.74) is 2.56. The molecule has 0 radical (unpaired) electrons. The smallest absolute Gasteiger partial charge is 0.174 e. The molecule has 5 nitrogen and oxygen atoms in total. The van der Waals surface area contributed by atoms with Crippen LogP contribution in [0.3, 0.4) is 0 Å². The first-order chi connectivity index (χ1) is 16.9. The van der Waals surface area contributed by atoms with Crippen LogP contribution in [-0.2, 0) is 0 Å². The van der Waals surface area contributed by atoms with Gasteiger partial charge in [-0.25, -0.2) is 0 Å². The molecule has 2 unspecified atom stereocenters. The van der Waals surface area contributed by atoms with E-state index in [1.807, 2.05) is 74.5 Å². The number of hydrogen-bond donors (Lipinski definition) is 1. The molecule has 2 aromatic heterocycles. The fraction of sp³-hybridized carbons (Fsp3) is 0.185. The SMILES string of the molecule is CC(C)Oc1ccc(N2C(=S)NC(c3ccccn3)C2c2ccc(-c3ccc(Cl)cc3Cl)o2)cc1. The quantitative estimate of drug-likeness (QED) is 0.262. The molecule has 0 spiro atoms. The van der Waals surface area contributed by atoms with E-state index in [0.29, 0.717) is 20.9 Å². The van der Waals surface area contributed by atoms with Crippen LogP contribution in [0.5, 0.6) is 5.75 Å². The minimum atomic E-state index is -0.269. The zero-order valence-electron chi connectivity index (χ0n) is 19.1. The predicted molar refractivity (Wildman–Crippen MR) is 144 cm³/mol. The molecular formula is C27H23Cl2N3O2S. The van der Waals surface area contributed by atoms with Crippen molar-refractivity contribution < 1.29 is 9.15 Å². The second-order valence-electron chi connectivity index (χ2n) is 8.48. The van der Waals surface area contributed by atoms with Crippen LogP contribution in [-0.4, -0.2) is 16.2 Å². The number of pyridine rings is 1. The zero-order chi connectivity index (χ0) is 24.5. The molecule has 5 rings (SSSR count). The molecule has 2 aromatic carbocycles. The highest BCUT2D eigenvalue weighted by atomic mass is 35.5. The van der Waals surface area contributed by atoms with E-state index in [4.69, 9.17) is 44.6 Å². The van der Waals surface area contributed by atoms with Crippen molar-refractivity contribution in [2.24, 2.45) is 0 Å². The van der Waals surface area contributed by atoms with Gasteiger partial charge in [0.2, 0.25) is 0 Å². The number of furan rings is 1. The third kappa shape index (κ3) is 4.87. The fourth-order valence-corrected chi connectivity index (χ4v) is 5.07. The van der Waals surface area contributed by atoms with E-state index in [2.05, 4.69) is 15.2 Å². The topological polar surface area (TPSA) is 50.5 Å². The molecule has 8 heteroatoms. The van der Waals surface area contributed by atoms with E-state index in [1.54, 1.807) is 18.3 Å². The highest BCUT2D eigenvalue weighted by Crippen LogP contribution is 2.43. The third-order valence-electron chi connectivity index (χ3n) is 5.70. The Morgan fingerprint density at radius 3 is 2.51 bits per heavy atom. The molecule has 1 N–H and O–H groups in total. The average Bonchev–Trinajstić information content (AvgIpc) is 3.44. The molecular weight excluding hydrogens is 501 g/mol. The molecule has 1 saturated heterocycles. The first-order valence-corrected chi connectivity index (χ1v) is 12.4. The van der Waals surface area contributed by atoms with Gasteiger partial charge < -0.3 is 19.4 Å². The van der Waals surface area contributed by atoms with E-state index >= 15 is 0 Å². The third-order valence-corrected chi connectivity index (χ3v) is 6.56. The van der Waals surface area contributed by atoms with Crippen LogP contribution in [0.15, 0.2) is 83.4 Å². The molecule has 0 aliphatic carbocycles. The van der Waals surface area contributed by atoms with Crippen LogP contribution >= 0.6 is 35.4 Å². The molecule has 0 amide bonds. The number of hydrogen-bond acceptors (Lipinski definition) is 4. The molecule has 0 saturated carbocycles. The lowest BCUT2D eigenvalue weighted by atomic mass is 10.0. The maximum atomic E-state index is 6.45. The van der Waals surface area contributed by atoms with Gasteiger partial charge in [-0.15, -0.1) is 0 Å². The van der Waals surface area contributed by atoms with Crippen molar-refractivity contribution in [3.05, 3.63) is 100 Å². The number of halogens is 2. The summed E-state index contributed by atoms with van der Waals surface area (Å²) >= 11 is 18.3. The Bertz CT molecular complexity index is 1340. The molecule has 178 valence electrons. The van der Waals surface area contributed by atoms with Gasteiger partial charge in [0, 0.05) is 22.5 Å². The van der Waals surface area contributed by atoms with Crippen molar-refractivity contribution in [2.45, 2.75) is 32.0 Å². The van der Waals surface area contributed by atoms with E-state index in [1.165, 1.54) is 0 Å². The van der Waals surface area contributed by atoms with Crippen LogP contribution in [0.1, 0.15) is 37.4 Å². The molecule has 1 aliphatic rings. The Labute approximate surface area is 219 Å². The summed E-state index contributed by atoms with van der Waals surface area (Å²) in [5.74, 6) is 2.19. The summed E-state index contributed by atoms with van der Waals surface area (Å²) in [7, 11) is 0. The van der Waals surface area contributed by atoms with E-state index < -0.39 is 0 Å². The van der Waals surface area contributed by atoms with Gasteiger partial charge >= 0.3 is 0 Å². The van der Waals surface area contributed by atoms with Crippen molar-refractivity contribution in [1.29, 1.82) is 0 Å². The average molecular weight is 524 g/mol. The lowest BCUT2D eigenvalue weighted by Crippen LogP contribution is -2.29. The van der Waals surface area contributed by atoms with Crippen LogP contribution in [0, 0.1) is 0 Å². The standard InChI is InChI=1S/C27H23Cl2N3O2S/c1-16(2)33-19-9-7-18(8-10-19)32-26(25(31-27(32)35)22-5-3-4-14-30-22)24-13-12-23(34-24)20-11-6-17(28)15-21(20)29/h3-16,25-26H,1-2H3,(H,31,35). The molecule has 1 aliphatic heterocycles. The number of ether oxygens (including phenoxy) is 1. The van der Waals surface area contributed by atoms with Gasteiger partial charge in [-0.1, -0.05) is 29.3 Å². The molecule has 4 aromatic rings. The highest BCUT2D eigenvalue weighted by molar-refractivity contribution is 7.80. The largest absolute Gasteiger partial charge is 0.491 e. The normalized spacial score (nSPS) is 17.6.